The van der Waals surface area contributed by atoms with E-state index in [1.54, 1.807) is 23.7 Å². The zero-order chi connectivity index (χ0) is 32.0. The molecule has 1 saturated heterocycles. The predicted molar refractivity (Wildman–Crippen MR) is 161 cm³/mol. The van der Waals surface area contributed by atoms with Crippen LogP contribution in [0.3, 0.4) is 0 Å². The fourth-order valence-corrected chi connectivity index (χ4v) is 5.33. The van der Waals surface area contributed by atoms with E-state index >= 15 is 0 Å². The molecule has 0 spiro atoms. The quantitative estimate of drug-likeness (QED) is 0.178. The zero-order valence-corrected chi connectivity index (χ0v) is 25.5. The van der Waals surface area contributed by atoms with Crippen LogP contribution in [0.5, 0.6) is 11.5 Å². The van der Waals surface area contributed by atoms with Crippen LogP contribution in [0.2, 0.25) is 5.02 Å². The van der Waals surface area contributed by atoms with Gasteiger partial charge in [-0.25, -0.2) is 9.78 Å². The molecular weight excluding hydrogens is 617 g/mol. The van der Waals surface area contributed by atoms with Crippen molar-refractivity contribution in [3.8, 4) is 11.5 Å². The molecule has 1 atom stereocenters. The molecule has 0 aliphatic carbocycles. The van der Waals surface area contributed by atoms with Crippen molar-refractivity contribution in [2.24, 2.45) is 7.05 Å². The lowest BCUT2D eigenvalue weighted by molar-refractivity contribution is -0.274. The molecule has 0 radical (unpaired) electrons. The number of benzene rings is 2. The first-order valence-corrected chi connectivity index (χ1v) is 15.1. The minimum absolute atomic E-state index is 0.160. The number of alkyl halides is 3. The van der Waals surface area contributed by atoms with E-state index in [1.807, 2.05) is 12.1 Å². The number of imidazole rings is 1. The first-order valence-electron chi connectivity index (χ1n) is 14.7. The van der Waals surface area contributed by atoms with E-state index in [9.17, 15) is 22.8 Å². The normalized spacial score (nSPS) is 15.4. The molecule has 1 unspecified atom stereocenters. The average molecular weight is 651 g/mol. The standard InChI is InChI=1S/C31H34ClF3N4O6/c1-37-28-27(29(40)38(30(37)41)15-6-18-44-26-10-2-3-16-43-26)39(20-21-11-13-22(32)14-12-21)25(36-28)9-5-17-42-23-7-4-8-24(19-23)45-31(33,34)35/h4,7-8,11-14,19,26H,2-3,5-6,9-10,15-18,20H2,1H3. The highest BCUT2D eigenvalue weighted by Crippen LogP contribution is 2.26. The van der Waals surface area contributed by atoms with Gasteiger partial charge in [-0.2, -0.15) is 0 Å². The molecule has 45 heavy (non-hydrogen) atoms. The van der Waals surface area contributed by atoms with E-state index in [2.05, 4.69) is 4.74 Å². The molecular formula is C31H34ClF3N4O6. The van der Waals surface area contributed by atoms with Crippen LogP contribution in [0.15, 0.2) is 58.1 Å². The van der Waals surface area contributed by atoms with Crippen molar-refractivity contribution < 1.29 is 32.1 Å². The Bertz CT molecular complexity index is 1710. The lowest BCUT2D eigenvalue weighted by atomic mass is 10.2. The Hall–Kier alpha value is -3.81. The highest BCUT2D eigenvalue weighted by molar-refractivity contribution is 6.30. The maximum Gasteiger partial charge on any atom is 0.573 e. The summed E-state index contributed by atoms with van der Waals surface area (Å²) in [5, 5.41) is 0.571. The van der Waals surface area contributed by atoms with Crippen LogP contribution in [0.1, 0.15) is 43.5 Å². The second kappa shape index (κ2) is 14.5. The van der Waals surface area contributed by atoms with E-state index in [4.69, 9.17) is 30.8 Å². The van der Waals surface area contributed by atoms with Gasteiger partial charge in [-0.3, -0.25) is 13.9 Å². The minimum atomic E-state index is -4.81. The lowest BCUT2D eigenvalue weighted by Gasteiger charge is -2.22. The number of rotatable bonds is 13. The lowest BCUT2D eigenvalue weighted by Crippen LogP contribution is -2.40. The molecule has 14 heteroatoms. The van der Waals surface area contributed by atoms with Gasteiger partial charge in [0, 0.05) is 44.3 Å². The Kier molecular flexibility index (Phi) is 10.5. The number of fused-ring (bicyclic) bond motifs is 1. The van der Waals surface area contributed by atoms with Crippen molar-refractivity contribution in [3.63, 3.8) is 0 Å². The zero-order valence-electron chi connectivity index (χ0n) is 24.7. The van der Waals surface area contributed by atoms with Crippen molar-refractivity contribution in [2.45, 2.75) is 64.3 Å². The first-order chi connectivity index (χ1) is 21.6. The topological polar surface area (TPSA) is 98.7 Å². The number of halogens is 4. The number of hydrogen-bond donors (Lipinski definition) is 0. The van der Waals surface area contributed by atoms with Crippen LogP contribution in [0.4, 0.5) is 13.2 Å². The van der Waals surface area contributed by atoms with Gasteiger partial charge < -0.3 is 23.5 Å². The number of nitrogens with zero attached hydrogens (tertiary/aromatic N) is 4. The largest absolute Gasteiger partial charge is 0.573 e. The van der Waals surface area contributed by atoms with Crippen LogP contribution in [0.25, 0.3) is 11.2 Å². The second-order valence-electron chi connectivity index (χ2n) is 10.7. The van der Waals surface area contributed by atoms with Crippen LogP contribution in [0, 0.1) is 0 Å². The maximum absolute atomic E-state index is 13.8. The first kappa shape index (κ1) is 32.6. The van der Waals surface area contributed by atoms with E-state index in [-0.39, 0.29) is 42.1 Å². The van der Waals surface area contributed by atoms with E-state index in [0.29, 0.717) is 49.9 Å². The molecule has 0 saturated carbocycles. The minimum Gasteiger partial charge on any atom is -0.493 e. The van der Waals surface area contributed by atoms with Gasteiger partial charge >= 0.3 is 12.1 Å². The van der Waals surface area contributed by atoms with Gasteiger partial charge in [-0.05, 0) is 61.9 Å². The van der Waals surface area contributed by atoms with Gasteiger partial charge in [0.15, 0.2) is 17.5 Å². The average Bonchev–Trinajstić information content (AvgIpc) is 3.37. The SMILES string of the molecule is Cn1c(=O)n(CCCOC2CCCCO2)c(=O)c2c1nc(CCCOc1cccc(OC(F)(F)F)c1)n2Cc1ccc(Cl)cc1. The molecule has 242 valence electrons. The Morgan fingerprint density at radius 1 is 1.02 bits per heavy atom. The third kappa shape index (κ3) is 8.47. The molecule has 5 rings (SSSR count). The molecule has 10 nitrogen and oxygen atoms in total. The van der Waals surface area contributed by atoms with Gasteiger partial charge in [0.1, 0.15) is 17.3 Å². The Labute approximate surface area is 261 Å². The molecule has 1 fully saturated rings. The monoisotopic (exact) mass is 650 g/mol. The van der Waals surface area contributed by atoms with E-state index in [1.165, 1.54) is 27.3 Å². The summed E-state index contributed by atoms with van der Waals surface area (Å²) in [7, 11) is 1.58. The molecule has 2 aromatic carbocycles. The molecule has 0 amide bonds. The molecule has 0 N–H and O–H groups in total. The molecule has 1 aliphatic rings. The van der Waals surface area contributed by atoms with Crippen LogP contribution in [-0.4, -0.2) is 51.2 Å². The summed E-state index contributed by atoms with van der Waals surface area (Å²) < 4.78 is 63.1. The van der Waals surface area contributed by atoms with Crippen molar-refractivity contribution in [1.29, 1.82) is 0 Å². The second-order valence-corrected chi connectivity index (χ2v) is 11.1. The molecule has 3 heterocycles. The van der Waals surface area contributed by atoms with Crippen LogP contribution in [-0.2, 0) is 36.0 Å². The highest BCUT2D eigenvalue weighted by atomic mass is 35.5. The third-order valence-corrected chi connectivity index (χ3v) is 7.64. The summed E-state index contributed by atoms with van der Waals surface area (Å²) in [5.74, 6) is 0.395. The number of ether oxygens (including phenoxy) is 4. The Morgan fingerprint density at radius 2 is 1.80 bits per heavy atom. The summed E-state index contributed by atoms with van der Waals surface area (Å²) in [6.07, 6.45) is -0.949. The summed E-state index contributed by atoms with van der Waals surface area (Å²) in [5.41, 5.74) is 0.491. The van der Waals surface area contributed by atoms with Crippen LogP contribution < -0.4 is 20.7 Å². The smallest absolute Gasteiger partial charge is 0.493 e. The van der Waals surface area contributed by atoms with Gasteiger partial charge in [0.25, 0.3) is 5.56 Å². The van der Waals surface area contributed by atoms with Gasteiger partial charge in [0.05, 0.1) is 13.2 Å². The van der Waals surface area contributed by atoms with Gasteiger partial charge in [0.2, 0.25) is 0 Å². The Morgan fingerprint density at radius 3 is 2.53 bits per heavy atom. The number of hydrogen-bond acceptors (Lipinski definition) is 7. The molecule has 0 bridgehead atoms. The number of aryl methyl sites for hydroxylation is 2. The summed E-state index contributed by atoms with van der Waals surface area (Å²) in [6.45, 7) is 1.64. The van der Waals surface area contributed by atoms with Crippen molar-refractivity contribution in [1.82, 2.24) is 18.7 Å². The Balaban J connectivity index is 1.35. The van der Waals surface area contributed by atoms with Crippen molar-refractivity contribution >= 4 is 22.8 Å². The van der Waals surface area contributed by atoms with E-state index < -0.39 is 17.6 Å². The fourth-order valence-electron chi connectivity index (χ4n) is 5.21. The summed E-state index contributed by atoms with van der Waals surface area (Å²) in [6, 6.07) is 12.5. The molecule has 1 aliphatic heterocycles. The number of aromatic nitrogens is 4. The van der Waals surface area contributed by atoms with Gasteiger partial charge in [-0.1, -0.05) is 29.8 Å². The van der Waals surface area contributed by atoms with Gasteiger partial charge in [-0.15, -0.1) is 13.2 Å². The highest BCUT2D eigenvalue weighted by Gasteiger charge is 2.31. The summed E-state index contributed by atoms with van der Waals surface area (Å²) >= 11 is 6.08. The predicted octanol–water partition coefficient (Wildman–Crippen LogP) is 5.44. The van der Waals surface area contributed by atoms with Crippen molar-refractivity contribution in [2.75, 3.05) is 19.8 Å². The van der Waals surface area contributed by atoms with Crippen molar-refractivity contribution in [3.05, 3.63) is 85.8 Å². The fraction of sp³-hybridized carbons (Fsp3) is 0.452. The third-order valence-electron chi connectivity index (χ3n) is 7.39. The summed E-state index contributed by atoms with van der Waals surface area (Å²) in [4.78, 5) is 31.7. The van der Waals surface area contributed by atoms with Crippen LogP contribution >= 0.6 is 11.6 Å². The maximum atomic E-state index is 13.8. The molecule has 4 aromatic rings. The van der Waals surface area contributed by atoms with E-state index in [0.717, 1.165) is 30.9 Å². The molecule has 2 aromatic heterocycles.